The number of rotatable bonds is 3. The lowest BCUT2D eigenvalue weighted by Gasteiger charge is -2.27. The lowest BCUT2D eigenvalue weighted by Crippen LogP contribution is -2.40. The molecule has 4 rings (SSSR count). The smallest absolute Gasteiger partial charge is 0.243 e. The Labute approximate surface area is 171 Å². The minimum Gasteiger partial charge on any atom is -0.379 e. The van der Waals surface area contributed by atoms with E-state index in [2.05, 4.69) is 29.3 Å². The van der Waals surface area contributed by atoms with E-state index in [1.165, 1.54) is 9.87 Å². The fourth-order valence-electron chi connectivity index (χ4n) is 3.70. The highest BCUT2D eigenvalue weighted by atomic mass is 32.2. The quantitative estimate of drug-likeness (QED) is 0.775. The maximum absolute atomic E-state index is 12.7. The second kappa shape index (κ2) is 7.79. The zero-order chi connectivity index (χ0) is 19.7. The third kappa shape index (κ3) is 3.65. The van der Waals surface area contributed by atoms with E-state index in [0.29, 0.717) is 31.4 Å². The summed E-state index contributed by atoms with van der Waals surface area (Å²) in [7, 11) is -3.49. The van der Waals surface area contributed by atoms with Gasteiger partial charge in [-0.15, -0.1) is 0 Å². The van der Waals surface area contributed by atoms with Crippen molar-refractivity contribution in [2.75, 3.05) is 36.5 Å². The van der Waals surface area contributed by atoms with Gasteiger partial charge < -0.3 is 15.0 Å². The summed E-state index contributed by atoms with van der Waals surface area (Å²) in [6.07, 6.45) is 0.953. The van der Waals surface area contributed by atoms with Gasteiger partial charge in [-0.25, -0.2) is 8.42 Å². The molecule has 2 heterocycles. The molecule has 1 N–H and O–H groups in total. The molecule has 2 aliphatic rings. The van der Waals surface area contributed by atoms with E-state index in [1.54, 1.807) is 24.3 Å². The van der Waals surface area contributed by atoms with Gasteiger partial charge in [-0.05, 0) is 61.5 Å². The molecule has 6 nitrogen and oxygen atoms in total. The number of anilines is 2. The molecule has 0 spiro atoms. The molecule has 1 fully saturated rings. The Morgan fingerprint density at radius 2 is 1.79 bits per heavy atom. The standard InChI is InChI=1S/C20H23N3O3S2/c1-15-14-16-4-2-3-5-19(16)23(15)20(27)21-17-6-8-18(9-7-17)28(24,25)22-10-12-26-13-11-22/h2-9,15H,10-14H2,1H3,(H,21,27). The molecule has 0 saturated carbocycles. The van der Waals surface area contributed by atoms with Crippen molar-refractivity contribution in [2.45, 2.75) is 24.3 Å². The van der Waals surface area contributed by atoms with E-state index >= 15 is 0 Å². The summed E-state index contributed by atoms with van der Waals surface area (Å²) in [4.78, 5) is 2.40. The van der Waals surface area contributed by atoms with Crippen LogP contribution in [0.1, 0.15) is 12.5 Å². The first-order valence-electron chi connectivity index (χ1n) is 9.33. The topological polar surface area (TPSA) is 61.9 Å². The van der Waals surface area contributed by atoms with Crippen LogP contribution in [0, 0.1) is 0 Å². The first kappa shape index (κ1) is 19.3. The fourth-order valence-corrected chi connectivity index (χ4v) is 5.51. The number of fused-ring (bicyclic) bond motifs is 1. The molecule has 8 heteroatoms. The molecular formula is C20H23N3O3S2. The maximum Gasteiger partial charge on any atom is 0.243 e. The average molecular weight is 418 g/mol. The monoisotopic (exact) mass is 417 g/mol. The maximum atomic E-state index is 12.7. The van der Waals surface area contributed by atoms with Crippen LogP contribution in [0.4, 0.5) is 11.4 Å². The Morgan fingerprint density at radius 3 is 2.50 bits per heavy atom. The summed E-state index contributed by atoms with van der Waals surface area (Å²) in [5.74, 6) is 0. The molecule has 0 aromatic heterocycles. The van der Waals surface area contributed by atoms with Gasteiger partial charge in [-0.3, -0.25) is 0 Å². The first-order chi connectivity index (χ1) is 13.5. The number of benzene rings is 2. The van der Waals surface area contributed by atoms with Crippen molar-refractivity contribution in [3.63, 3.8) is 0 Å². The molecule has 0 radical (unpaired) electrons. The fraction of sp³-hybridized carbons (Fsp3) is 0.350. The van der Waals surface area contributed by atoms with Gasteiger partial charge in [0.25, 0.3) is 0 Å². The average Bonchev–Trinajstić information content (AvgIpc) is 3.05. The van der Waals surface area contributed by atoms with Gasteiger partial charge in [0.2, 0.25) is 10.0 Å². The van der Waals surface area contributed by atoms with Gasteiger partial charge in [-0.2, -0.15) is 4.31 Å². The molecule has 0 bridgehead atoms. The normalized spacial score (nSPS) is 20.0. The van der Waals surface area contributed by atoms with Crippen molar-refractivity contribution >= 4 is 38.7 Å². The second-order valence-corrected chi connectivity index (χ2v) is 9.35. The van der Waals surface area contributed by atoms with E-state index in [0.717, 1.165) is 17.8 Å². The number of hydrogen-bond donors (Lipinski definition) is 1. The summed E-state index contributed by atoms with van der Waals surface area (Å²) in [6, 6.07) is 15.3. The lowest BCUT2D eigenvalue weighted by molar-refractivity contribution is 0.0730. The van der Waals surface area contributed by atoms with E-state index in [4.69, 9.17) is 17.0 Å². The largest absolute Gasteiger partial charge is 0.379 e. The van der Waals surface area contributed by atoms with Crippen molar-refractivity contribution < 1.29 is 13.2 Å². The lowest BCUT2D eigenvalue weighted by atomic mass is 10.1. The highest BCUT2D eigenvalue weighted by molar-refractivity contribution is 7.89. The van der Waals surface area contributed by atoms with Crippen LogP contribution in [0.15, 0.2) is 53.4 Å². The Hall–Kier alpha value is -2.00. The van der Waals surface area contributed by atoms with E-state index in [-0.39, 0.29) is 10.9 Å². The third-order valence-electron chi connectivity index (χ3n) is 5.14. The van der Waals surface area contributed by atoms with Crippen LogP contribution in [-0.2, 0) is 21.2 Å². The van der Waals surface area contributed by atoms with Crippen molar-refractivity contribution in [3.05, 3.63) is 54.1 Å². The number of sulfonamides is 1. The molecular weight excluding hydrogens is 394 g/mol. The van der Waals surface area contributed by atoms with Crippen LogP contribution in [0.5, 0.6) is 0 Å². The van der Waals surface area contributed by atoms with Gasteiger partial charge in [-0.1, -0.05) is 18.2 Å². The predicted molar refractivity (Wildman–Crippen MR) is 114 cm³/mol. The number of nitrogens with one attached hydrogen (secondary N) is 1. The van der Waals surface area contributed by atoms with Gasteiger partial charge in [0.15, 0.2) is 5.11 Å². The zero-order valence-electron chi connectivity index (χ0n) is 15.7. The molecule has 2 aliphatic heterocycles. The second-order valence-electron chi connectivity index (χ2n) is 7.02. The van der Waals surface area contributed by atoms with Gasteiger partial charge in [0.05, 0.1) is 18.1 Å². The molecule has 0 amide bonds. The molecule has 1 saturated heterocycles. The third-order valence-corrected chi connectivity index (χ3v) is 7.35. The number of thiocarbonyl (C=S) groups is 1. The van der Waals surface area contributed by atoms with Crippen molar-refractivity contribution in [1.29, 1.82) is 0 Å². The SMILES string of the molecule is CC1Cc2ccccc2N1C(=S)Nc1ccc(S(=O)(=O)N2CCOCC2)cc1. The highest BCUT2D eigenvalue weighted by Crippen LogP contribution is 2.32. The predicted octanol–water partition coefficient (Wildman–Crippen LogP) is 2.86. The number of morpholine rings is 1. The summed E-state index contributed by atoms with van der Waals surface area (Å²) >= 11 is 5.63. The minimum atomic E-state index is -3.49. The van der Waals surface area contributed by atoms with Crippen molar-refractivity contribution in [2.24, 2.45) is 0 Å². The Morgan fingerprint density at radius 1 is 1.11 bits per heavy atom. The molecule has 0 aliphatic carbocycles. The molecule has 28 heavy (non-hydrogen) atoms. The number of hydrogen-bond acceptors (Lipinski definition) is 4. The zero-order valence-corrected chi connectivity index (χ0v) is 17.3. The molecule has 2 aromatic rings. The molecule has 148 valence electrons. The van der Waals surface area contributed by atoms with Crippen molar-refractivity contribution in [1.82, 2.24) is 4.31 Å². The molecule has 1 unspecified atom stereocenters. The highest BCUT2D eigenvalue weighted by Gasteiger charge is 2.29. The van der Waals surface area contributed by atoms with E-state index in [1.807, 2.05) is 12.1 Å². The van der Waals surface area contributed by atoms with E-state index < -0.39 is 10.0 Å². The van der Waals surface area contributed by atoms with Crippen LogP contribution >= 0.6 is 12.2 Å². The molecule has 1 atom stereocenters. The van der Waals surface area contributed by atoms with Crippen LogP contribution in [0.3, 0.4) is 0 Å². The number of ether oxygens (including phenoxy) is 1. The first-order valence-corrected chi connectivity index (χ1v) is 11.2. The Bertz CT molecular complexity index is 970. The van der Waals surface area contributed by atoms with Gasteiger partial charge in [0, 0.05) is 30.5 Å². The Kier molecular flexibility index (Phi) is 5.37. The molecule has 2 aromatic carbocycles. The van der Waals surface area contributed by atoms with Crippen molar-refractivity contribution in [3.8, 4) is 0 Å². The Balaban J connectivity index is 1.48. The van der Waals surface area contributed by atoms with Crippen LogP contribution in [0.2, 0.25) is 0 Å². The number of nitrogens with zero attached hydrogens (tertiary/aromatic N) is 2. The summed E-state index contributed by atoms with van der Waals surface area (Å²) in [5, 5.41) is 3.85. The summed E-state index contributed by atoms with van der Waals surface area (Å²) < 4.78 is 32.2. The summed E-state index contributed by atoms with van der Waals surface area (Å²) in [5.41, 5.74) is 3.17. The van der Waals surface area contributed by atoms with Gasteiger partial charge >= 0.3 is 0 Å². The van der Waals surface area contributed by atoms with E-state index in [9.17, 15) is 8.42 Å². The van der Waals surface area contributed by atoms with Crippen LogP contribution < -0.4 is 10.2 Å². The van der Waals surface area contributed by atoms with Crippen LogP contribution in [0.25, 0.3) is 0 Å². The van der Waals surface area contributed by atoms with Crippen LogP contribution in [-0.4, -0.2) is 50.2 Å². The summed E-state index contributed by atoms with van der Waals surface area (Å²) in [6.45, 7) is 3.79. The number of para-hydroxylation sites is 1. The van der Waals surface area contributed by atoms with Gasteiger partial charge in [0.1, 0.15) is 0 Å². The minimum absolute atomic E-state index is 0.276.